The lowest BCUT2D eigenvalue weighted by Gasteiger charge is -2.15. The van der Waals surface area contributed by atoms with Crippen molar-refractivity contribution in [3.63, 3.8) is 0 Å². The number of nitrogens with zero attached hydrogens (tertiary/aromatic N) is 2. The molecular weight excluding hydrogens is 393 g/mol. The second-order valence-corrected chi connectivity index (χ2v) is 6.73. The molecule has 4 aromatic rings. The van der Waals surface area contributed by atoms with Gasteiger partial charge in [0.2, 0.25) is 5.82 Å². The molecule has 0 fully saturated rings. The van der Waals surface area contributed by atoms with Crippen molar-refractivity contribution in [2.24, 2.45) is 0 Å². The molecular formula is C23H17F3N2O2. The highest BCUT2D eigenvalue weighted by atomic mass is 19.4. The van der Waals surface area contributed by atoms with Gasteiger partial charge in [-0.1, -0.05) is 47.6 Å². The summed E-state index contributed by atoms with van der Waals surface area (Å²) in [5, 5.41) is 3.90. The molecule has 0 amide bonds. The van der Waals surface area contributed by atoms with Crippen molar-refractivity contribution in [3.8, 4) is 39.7 Å². The monoisotopic (exact) mass is 410 g/mol. The number of aromatic nitrogens is 2. The quantitative estimate of drug-likeness (QED) is 0.390. The third-order valence-electron chi connectivity index (χ3n) is 4.76. The molecule has 0 spiro atoms. The number of ether oxygens (including phenoxy) is 1. The average molecular weight is 410 g/mol. The second kappa shape index (κ2) is 7.67. The fraction of sp³-hybridized carbons (Fsp3) is 0.130. The minimum atomic E-state index is -4.54. The van der Waals surface area contributed by atoms with Crippen LogP contribution in [-0.2, 0) is 6.18 Å². The second-order valence-electron chi connectivity index (χ2n) is 6.73. The zero-order valence-corrected chi connectivity index (χ0v) is 16.2. The Labute approximate surface area is 170 Å². The van der Waals surface area contributed by atoms with Crippen molar-refractivity contribution in [1.82, 2.24) is 10.1 Å². The van der Waals surface area contributed by atoms with Gasteiger partial charge in [0, 0.05) is 11.1 Å². The van der Waals surface area contributed by atoms with Gasteiger partial charge in [0.25, 0.3) is 5.89 Å². The molecule has 152 valence electrons. The largest absolute Gasteiger partial charge is 0.497 e. The van der Waals surface area contributed by atoms with Crippen molar-refractivity contribution < 1.29 is 22.4 Å². The summed E-state index contributed by atoms with van der Waals surface area (Å²) in [6.07, 6.45) is -4.54. The summed E-state index contributed by atoms with van der Waals surface area (Å²) >= 11 is 0. The lowest BCUT2D eigenvalue weighted by Crippen LogP contribution is -2.08. The van der Waals surface area contributed by atoms with Gasteiger partial charge in [-0.2, -0.15) is 18.2 Å². The van der Waals surface area contributed by atoms with Crippen LogP contribution in [0.2, 0.25) is 0 Å². The molecule has 7 heteroatoms. The van der Waals surface area contributed by atoms with Crippen LogP contribution in [0.25, 0.3) is 34.0 Å². The Kier molecular flexibility index (Phi) is 5.03. The average Bonchev–Trinajstić information content (AvgIpc) is 3.23. The summed E-state index contributed by atoms with van der Waals surface area (Å²) in [6, 6.07) is 18.0. The van der Waals surface area contributed by atoms with Crippen molar-refractivity contribution in [2.45, 2.75) is 13.1 Å². The highest BCUT2D eigenvalue weighted by Gasteiger charge is 2.34. The highest BCUT2D eigenvalue weighted by Crippen LogP contribution is 2.40. The van der Waals surface area contributed by atoms with Gasteiger partial charge in [0.15, 0.2) is 0 Å². The first kappa shape index (κ1) is 19.7. The van der Waals surface area contributed by atoms with Gasteiger partial charge in [-0.05, 0) is 47.9 Å². The molecule has 3 aromatic carbocycles. The predicted octanol–water partition coefficient (Wildman–Crippen LogP) is 6.41. The van der Waals surface area contributed by atoms with E-state index in [2.05, 4.69) is 10.1 Å². The maximum absolute atomic E-state index is 13.8. The molecule has 0 N–H and O–H groups in total. The minimum absolute atomic E-state index is 0.00894. The number of methoxy groups -OCH3 is 1. The number of alkyl halides is 3. The molecule has 1 heterocycles. The molecule has 0 aliphatic heterocycles. The Morgan fingerprint density at radius 2 is 1.67 bits per heavy atom. The van der Waals surface area contributed by atoms with Crippen LogP contribution in [0, 0.1) is 6.92 Å². The Morgan fingerprint density at radius 3 is 2.40 bits per heavy atom. The van der Waals surface area contributed by atoms with E-state index in [9.17, 15) is 13.2 Å². The van der Waals surface area contributed by atoms with Crippen LogP contribution in [0.4, 0.5) is 13.2 Å². The van der Waals surface area contributed by atoms with Gasteiger partial charge >= 0.3 is 6.18 Å². The van der Waals surface area contributed by atoms with E-state index in [4.69, 9.17) is 9.26 Å². The van der Waals surface area contributed by atoms with Gasteiger partial charge in [0.1, 0.15) is 5.75 Å². The van der Waals surface area contributed by atoms with Crippen molar-refractivity contribution in [2.75, 3.05) is 7.11 Å². The van der Waals surface area contributed by atoms with Gasteiger partial charge in [-0.3, -0.25) is 0 Å². The van der Waals surface area contributed by atoms with E-state index in [0.717, 1.165) is 11.6 Å². The fourth-order valence-corrected chi connectivity index (χ4v) is 3.24. The van der Waals surface area contributed by atoms with Crippen LogP contribution >= 0.6 is 0 Å². The lowest BCUT2D eigenvalue weighted by atomic mass is 9.94. The van der Waals surface area contributed by atoms with E-state index in [1.165, 1.54) is 13.2 Å². The normalized spacial score (nSPS) is 11.5. The van der Waals surface area contributed by atoms with E-state index in [1.54, 1.807) is 61.5 Å². The highest BCUT2D eigenvalue weighted by molar-refractivity contribution is 5.74. The minimum Gasteiger partial charge on any atom is -0.497 e. The number of aryl methyl sites for hydroxylation is 1. The van der Waals surface area contributed by atoms with Gasteiger partial charge < -0.3 is 9.26 Å². The number of benzene rings is 3. The topological polar surface area (TPSA) is 48.2 Å². The molecule has 0 bridgehead atoms. The smallest absolute Gasteiger partial charge is 0.417 e. The fourth-order valence-electron chi connectivity index (χ4n) is 3.24. The number of hydrogen-bond acceptors (Lipinski definition) is 4. The van der Waals surface area contributed by atoms with Gasteiger partial charge in [-0.15, -0.1) is 0 Å². The summed E-state index contributed by atoms with van der Waals surface area (Å²) in [5.74, 6) is 0.885. The van der Waals surface area contributed by atoms with Crippen molar-refractivity contribution >= 4 is 0 Å². The summed E-state index contributed by atoms with van der Waals surface area (Å²) in [7, 11) is 1.54. The summed E-state index contributed by atoms with van der Waals surface area (Å²) in [5.41, 5.74) is 1.47. The molecule has 4 nitrogen and oxygen atoms in total. The Hall–Kier alpha value is -3.61. The Balaban J connectivity index is 1.78. The van der Waals surface area contributed by atoms with Crippen LogP contribution in [0.15, 0.2) is 71.3 Å². The first-order chi connectivity index (χ1) is 14.4. The number of rotatable bonds is 4. The zero-order valence-electron chi connectivity index (χ0n) is 16.2. The molecule has 0 atom stereocenters. The molecule has 1 aromatic heterocycles. The van der Waals surface area contributed by atoms with Gasteiger partial charge in [0.05, 0.1) is 12.7 Å². The van der Waals surface area contributed by atoms with Crippen LogP contribution in [0.3, 0.4) is 0 Å². The molecule has 0 radical (unpaired) electrons. The summed E-state index contributed by atoms with van der Waals surface area (Å²) < 4.78 is 51.9. The lowest BCUT2D eigenvalue weighted by molar-refractivity contribution is -0.137. The Bertz CT molecular complexity index is 1200. The number of hydrogen-bond donors (Lipinski definition) is 0. The Morgan fingerprint density at radius 1 is 0.867 bits per heavy atom. The molecule has 0 saturated heterocycles. The van der Waals surface area contributed by atoms with E-state index in [0.29, 0.717) is 16.9 Å². The maximum Gasteiger partial charge on any atom is 0.417 e. The zero-order chi connectivity index (χ0) is 21.3. The van der Waals surface area contributed by atoms with E-state index >= 15 is 0 Å². The summed E-state index contributed by atoms with van der Waals surface area (Å²) in [6.45, 7) is 1.78. The van der Waals surface area contributed by atoms with Crippen LogP contribution in [0.5, 0.6) is 5.75 Å². The first-order valence-electron chi connectivity index (χ1n) is 9.12. The van der Waals surface area contributed by atoms with Gasteiger partial charge in [-0.25, -0.2) is 0 Å². The van der Waals surface area contributed by atoms with Crippen LogP contribution < -0.4 is 4.74 Å². The van der Waals surface area contributed by atoms with Crippen LogP contribution in [-0.4, -0.2) is 17.3 Å². The SMILES string of the molecule is COc1cccc(-c2noc(-c3ccc(-c4ccccc4C)c(C(F)(F)F)c3)n2)c1. The van der Waals surface area contributed by atoms with E-state index in [1.807, 2.05) is 0 Å². The first-order valence-corrected chi connectivity index (χ1v) is 9.12. The maximum atomic E-state index is 13.8. The molecule has 0 unspecified atom stereocenters. The predicted molar refractivity (Wildman–Crippen MR) is 107 cm³/mol. The third-order valence-corrected chi connectivity index (χ3v) is 4.76. The van der Waals surface area contributed by atoms with Crippen molar-refractivity contribution in [1.29, 1.82) is 0 Å². The molecule has 30 heavy (non-hydrogen) atoms. The summed E-state index contributed by atoms with van der Waals surface area (Å²) in [4.78, 5) is 4.27. The molecule has 0 saturated carbocycles. The van der Waals surface area contributed by atoms with E-state index < -0.39 is 11.7 Å². The molecule has 0 aliphatic carbocycles. The van der Waals surface area contributed by atoms with Crippen molar-refractivity contribution in [3.05, 3.63) is 77.9 Å². The molecule has 0 aliphatic rings. The van der Waals surface area contributed by atoms with Crippen LogP contribution in [0.1, 0.15) is 11.1 Å². The third kappa shape index (κ3) is 3.78. The molecule has 4 rings (SSSR count). The standard InChI is InChI=1S/C23H17F3N2O2/c1-14-6-3-4-9-18(14)19-11-10-16(13-20(19)23(24,25)26)22-27-21(28-30-22)15-7-5-8-17(12-15)29-2/h3-13H,1-2H3. The number of halogens is 3. The van der Waals surface area contributed by atoms with E-state index in [-0.39, 0.29) is 22.8 Å².